The van der Waals surface area contributed by atoms with E-state index in [2.05, 4.69) is 5.32 Å². The molecule has 0 aliphatic rings. The van der Waals surface area contributed by atoms with Crippen LogP contribution in [0.4, 0.5) is 10.1 Å². The molecule has 0 radical (unpaired) electrons. The highest BCUT2D eigenvalue weighted by molar-refractivity contribution is 6.04. The molecule has 0 bridgehead atoms. The summed E-state index contributed by atoms with van der Waals surface area (Å²) in [4.78, 5) is 24.5. The van der Waals surface area contributed by atoms with Crippen LogP contribution in [0.1, 0.15) is 10.4 Å². The van der Waals surface area contributed by atoms with Gasteiger partial charge in [-0.3, -0.25) is 4.79 Å². The number of hydrogen-bond acceptors (Lipinski definition) is 3. The molecule has 3 aromatic carbocycles. The molecule has 4 rings (SSSR count). The molecular weight excluding hydrogens is 345 g/mol. The number of para-hydroxylation sites is 1. The minimum absolute atomic E-state index is 0.321. The number of amides is 1. The number of carbonyl (C=O) groups excluding carboxylic acids is 1. The van der Waals surface area contributed by atoms with E-state index in [4.69, 9.17) is 4.42 Å². The lowest BCUT2D eigenvalue weighted by Gasteiger charge is -2.07. The zero-order valence-electron chi connectivity index (χ0n) is 14.1. The average Bonchev–Trinajstić information content (AvgIpc) is 2.69. The van der Waals surface area contributed by atoms with E-state index < -0.39 is 5.63 Å². The highest BCUT2D eigenvalue weighted by atomic mass is 19.1. The second-order valence-corrected chi connectivity index (χ2v) is 6.02. The summed E-state index contributed by atoms with van der Waals surface area (Å²) in [6, 6.07) is 21.2. The molecule has 27 heavy (non-hydrogen) atoms. The Hall–Kier alpha value is -3.73. The summed E-state index contributed by atoms with van der Waals surface area (Å²) in [5.41, 5.74) is 2.11. The van der Waals surface area contributed by atoms with Crippen LogP contribution in [-0.2, 0) is 0 Å². The highest BCUT2D eigenvalue weighted by Gasteiger charge is 2.10. The van der Waals surface area contributed by atoms with Gasteiger partial charge in [0.05, 0.1) is 5.56 Å². The summed E-state index contributed by atoms with van der Waals surface area (Å²) in [5, 5.41) is 3.52. The number of fused-ring (bicyclic) bond motifs is 1. The van der Waals surface area contributed by atoms with Crippen molar-refractivity contribution in [2.24, 2.45) is 0 Å². The molecule has 4 aromatic rings. The first kappa shape index (κ1) is 16.7. The van der Waals surface area contributed by atoms with Crippen LogP contribution in [0, 0.1) is 5.82 Å². The SMILES string of the molecule is O=C(Nc1ccc(F)cc1)c1ccc(-c2cc3ccccc3oc2=O)cc1. The second-order valence-electron chi connectivity index (χ2n) is 6.02. The number of hydrogen-bond donors (Lipinski definition) is 1. The molecule has 5 heteroatoms. The van der Waals surface area contributed by atoms with Crippen molar-refractivity contribution < 1.29 is 13.6 Å². The highest BCUT2D eigenvalue weighted by Crippen LogP contribution is 2.21. The van der Waals surface area contributed by atoms with Gasteiger partial charge in [-0.05, 0) is 54.1 Å². The number of anilines is 1. The Labute approximate surface area is 153 Å². The molecule has 0 saturated carbocycles. The van der Waals surface area contributed by atoms with Crippen LogP contribution in [0.3, 0.4) is 0 Å². The van der Waals surface area contributed by atoms with Gasteiger partial charge >= 0.3 is 5.63 Å². The van der Waals surface area contributed by atoms with Gasteiger partial charge in [-0.1, -0.05) is 30.3 Å². The lowest BCUT2D eigenvalue weighted by molar-refractivity contribution is 0.102. The molecule has 0 unspecified atom stereocenters. The van der Waals surface area contributed by atoms with E-state index >= 15 is 0 Å². The van der Waals surface area contributed by atoms with Gasteiger partial charge in [-0.2, -0.15) is 0 Å². The lowest BCUT2D eigenvalue weighted by atomic mass is 10.0. The molecule has 0 saturated heterocycles. The van der Waals surface area contributed by atoms with Crippen LogP contribution in [0.15, 0.2) is 88.1 Å². The van der Waals surface area contributed by atoms with Crippen molar-refractivity contribution in [1.29, 1.82) is 0 Å². The van der Waals surface area contributed by atoms with Crippen molar-refractivity contribution in [2.45, 2.75) is 0 Å². The van der Waals surface area contributed by atoms with Crippen molar-refractivity contribution in [1.82, 2.24) is 0 Å². The minimum Gasteiger partial charge on any atom is -0.422 e. The molecule has 1 N–H and O–H groups in total. The average molecular weight is 359 g/mol. The van der Waals surface area contributed by atoms with Crippen LogP contribution < -0.4 is 10.9 Å². The predicted octanol–water partition coefficient (Wildman–Crippen LogP) is 4.85. The molecule has 0 spiro atoms. The lowest BCUT2D eigenvalue weighted by Crippen LogP contribution is -2.11. The summed E-state index contributed by atoms with van der Waals surface area (Å²) in [6.07, 6.45) is 0. The predicted molar refractivity (Wildman–Crippen MR) is 102 cm³/mol. The Kier molecular flexibility index (Phi) is 4.26. The van der Waals surface area contributed by atoms with E-state index in [1.807, 2.05) is 12.1 Å². The second kappa shape index (κ2) is 6.88. The largest absolute Gasteiger partial charge is 0.422 e. The Bertz CT molecular complexity index is 1180. The fraction of sp³-hybridized carbons (Fsp3) is 0. The fourth-order valence-electron chi connectivity index (χ4n) is 2.80. The van der Waals surface area contributed by atoms with Crippen molar-refractivity contribution in [3.05, 3.63) is 101 Å². The van der Waals surface area contributed by atoms with Gasteiger partial charge in [0.1, 0.15) is 11.4 Å². The third-order valence-corrected chi connectivity index (χ3v) is 4.20. The van der Waals surface area contributed by atoms with Crippen LogP contribution in [-0.4, -0.2) is 5.91 Å². The fourth-order valence-corrected chi connectivity index (χ4v) is 2.80. The molecule has 132 valence electrons. The Balaban J connectivity index is 1.60. The van der Waals surface area contributed by atoms with E-state index in [1.165, 1.54) is 24.3 Å². The maximum Gasteiger partial charge on any atom is 0.344 e. The van der Waals surface area contributed by atoms with Crippen LogP contribution in [0.25, 0.3) is 22.1 Å². The molecule has 0 aliphatic heterocycles. The van der Waals surface area contributed by atoms with Crippen molar-refractivity contribution in [3.8, 4) is 11.1 Å². The molecule has 0 atom stereocenters. The number of benzene rings is 3. The quantitative estimate of drug-likeness (QED) is 0.532. The molecule has 4 nitrogen and oxygen atoms in total. The van der Waals surface area contributed by atoms with Crippen LogP contribution >= 0.6 is 0 Å². The minimum atomic E-state index is -0.433. The molecule has 1 amide bonds. The van der Waals surface area contributed by atoms with Gasteiger partial charge in [0.25, 0.3) is 5.91 Å². The Morgan fingerprint density at radius 2 is 1.59 bits per heavy atom. The van der Waals surface area contributed by atoms with E-state index in [-0.39, 0.29) is 11.7 Å². The molecule has 0 fully saturated rings. The maximum atomic E-state index is 12.9. The van der Waals surface area contributed by atoms with Crippen LogP contribution in [0.2, 0.25) is 0 Å². The van der Waals surface area contributed by atoms with Gasteiger partial charge in [0.2, 0.25) is 0 Å². The molecule has 1 heterocycles. The van der Waals surface area contributed by atoms with E-state index in [9.17, 15) is 14.0 Å². The summed E-state index contributed by atoms with van der Waals surface area (Å²) < 4.78 is 18.3. The molecule has 1 aromatic heterocycles. The molecular formula is C22H14FNO3. The molecule has 0 aliphatic carbocycles. The van der Waals surface area contributed by atoms with Gasteiger partial charge in [0, 0.05) is 16.6 Å². The van der Waals surface area contributed by atoms with Gasteiger partial charge < -0.3 is 9.73 Å². The Morgan fingerprint density at radius 3 is 2.33 bits per heavy atom. The zero-order chi connectivity index (χ0) is 18.8. The maximum absolute atomic E-state index is 12.9. The monoisotopic (exact) mass is 359 g/mol. The summed E-state index contributed by atoms with van der Waals surface area (Å²) in [7, 11) is 0. The number of nitrogens with one attached hydrogen (secondary N) is 1. The first-order valence-electron chi connectivity index (χ1n) is 8.30. The summed E-state index contributed by atoms with van der Waals surface area (Å²) >= 11 is 0. The Morgan fingerprint density at radius 1 is 0.889 bits per heavy atom. The van der Waals surface area contributed by atoms with Gasteiger partial charge in [-0.15, -0.1) is 0 Å². The van der Waals surface area contributed by atoms with Crippen molar-refractivity contribution in [3.63, 3.8) is 0 Å². The van der Waals surface area contributed by atoms with E-state index in [1.54, 1.807) is 42.5 Å². The van der Waals surface area contributed by atoms with E-state index in [0.717, 1.165) is 5.39 Å². The third kappa shape index (κ3) is 3.48. The van der Waals surface area contributed by atoms with Crippen molar-refractivity contribution in [2.75, 3.05) is 5.32 Å². The van der Waals surface area contributed by atoms with Gasteiger partial charge in [-0.25, -0.2) is 9.18 Å². The van der Waals surface area contributed by atoms with Gasteiger partial charge in [0.15, 0.2) is 0 Å². The smallest absolute Gasteiger partial charge is 0.344 e. The van der Waals surface area contributed by atoms with Crippen LogP contribution in [0.5, 0.6) is 0 Å². The summed E-state index contributed by atoms with van der Waals surface area (Å²) in [6.45, 7) is 0. The topological polar surface area (TPSA) is 59.3 Å². The zero-order valence-corrected chi connectivity index (χ0v) is 14.1. The summed E-state index contributed by atoms with van der Waals surface area (Å²) in [5.74, 6) is -0.690. The standard InChI is InChI=1S/C22H14FNO3/c23-17-9-11-18(12-10-17)24-21(25)15-7-5-14(6-8-15)19-13-16-3-1-2-4-20(16)27-22(19)26/h1-13H,(H,24,25). The number of carbonyl (C=O) groups is 1. The third-order valence-electron chi connectivity index (χ3n) is 4.20. The van der Waals surface area contributed by atoms with Crippen molar-refractivity contribution >= 4 is 22.6 Å². The number of rotatable bonds is 3. The van der Waals surface area contributed by atoms with E-state index in [0.29, 0.717) is 28.0 Å². The number of halogens is 1. The first-order valence-corrected chi connectivity index (χ1v) is 8.30. The first-order chi connectivity index (χ1) is 13.1. The normalized spacial score (nSPS) is 10.7.